The second-order valence-electron chi connectivity index (χ2n) is 8.04. The van der Waals surface area contributed by atoms with Gasteiger partial charge in [-0.2, -0.15) is 5.26 Å². The zero-order valence-corrected chi connectivity index (χ0v) is 22.4. The fourth-order valence-corrected chi connectivity index (χ4v) is 3.92. The van der Waals surface area contributed by atoms with Crippen LogP contribution in [0.15, 0.2) is 64.6 Å². The molecule has 3 rings (SSSR count). The Bertz CT molecular complexity index is 1380. The molecule has 37 heavy (non-hydrogen) atoms. The Morgan fingerprint density at radius 2 is 1.73 bits per heavy atom. The summed E-state index contributed by atoms with van der Waals surface area (Å²) in [6.07, 6.45) is 1.43. The minimum Gasteiger partial charge on any atom is -0.497 e. The average Bonchev–Trinajstić information content (AvgIpc) is 2.88. The molecule has 0 unspecified atom stereocenters. The van der Waals surface area contributed by atoms with Gasteiger partial charge in [-0.3, -0.25) is 9.59 Å². The fourth-order valence-electron chi connectivity index (χ4n) is 3.35. The van der Waals surface area contributed by atoms with Crippen molar-refractivity contribution in [3.63, 3.8) is 0 Å². The number of amides is 2. The molecule has 190 valence electrons. The molecule has 8 nitrogen and oxygen atoms in total. The molecule has 0 bridgehead atoms. The summed E-state index contributed by atoms with van der Waals surface area (Å²) in [5, 5.41) is 15.1. The standard InChI is InChI=1S/C28H26BrN3O5/c1-17-5-6-18(2)24(11-17)32-26(33)16-37-27-23(29)13-19(14-25(27)36-4)12-20(15-30)28(34)31-21-7-9-22(35-3)10-8-21/h5-14H,16H2,1-4H3,(H,31,34)(H,32,33)/b20-12-. The number of aryl methyl sites for hydroxylation is 2. The first kappa shape index (κ1) is 27.3. The Kier molecular flexibility index (Phi) is 9.30. The first-order chi connectivity index (χ1) is 17.7. The molecule has 0 aliphatic heterocycles. The number of hydrogen-bond donors (Lipinski definition) is 2. The van der Waals surface area contributed by atoms with Crippen LogP contribution < -0.4 is 24.8 Å². The molecule has 0 heterocycles. The highest BCUT2D eigenvalue weighted by molar-refractivity contribution is 9.10. The lowest BCUT2D eigenvalue weighted by molar-refractivity contribution is -0.118. The van der Waals surface area contributed by atoms with Crippen LogP contribution in [0.4, 0.5) is 11.4 Å². The third-order valence-electron chi connectivity index (χ3n) is 5.29. The summed E-state index contributed by atoms with van der Waals surface area (Å²) in [6.45, 7) is 3.61. The summed E-state index contributed by atoms with van der Waals surface area (Å²) < 4.78 is 16.8. The monoisotopic (exact) mass is 563 g/mol. The number of nitrogens with zero attached hydrogens (tertiary/aromatic N) is 1. The Hall–Kier alpha value is -4.29. The molecule has 0 aliphatic rings. The Morgan fingerprint density at radius 3 is 2.38 bits per heavy atom. The molecule has 0 aromatic heterocycles. The lowest BCUT2D eigenvalue weighted by atomic mass is 10.1. The van der Waals surface area contributed by atoms with Crippen molar-refractivity contribution < 1.29 is 23.8 Å². The smallest absolute Gasteiger partial charge is 0.266 e. The van der Waals surface area contributed by atoms with Gasteiger partial charge in [-0.25, -0.2) is 0 Å². The number of rotatable bonds is 9. The predicted octanol–water partition coefficient (Wildman–Crippen LogP) is 5.65. The molecule has 3 aromatic carbocycles. The molecule has 3 aromatic rings. The van der Waals surface area contributed by atoms with Crippen molar-refractivity contribution in [2.75, 3.05) is 31.5 Å². The molecule has 0 saturated carbocycles. The summed E-state index contributed by atoms with van der Waals surface area (Å²) in [5.41, 5.74) is 3.64. The van der Waals surface area contributed by atoms with E-state index in [1.54, 1.807) is 43.5 Å². The Labute approximate surface area is 224 Å². The number of carbonyl (C=O) groups is 2. The van der Waals surface area contributed by atoms with Crippen molar-refractivity contribution >= 4 is 45.2 Å². The van der Waals surface area contributed by atoms with Gasteiger partial charge in [-0.1, -0.05) is 12.1 Å². The highest BCUT2D eigenvalue weighted by atomic mass is 79.9. The van der Waals surface area contributed by atoms with Gasteiger partial charge in [0.25, 0.3) is 11.8 Å². The van der Waals surface area contributed by atoms with Gasteiger partial charge in [0.15, 0.2) is 18.1 Å². The molecule has 0 spiro atoms. The topological polar surface area (TPSA) is 110 Å². The van der Waals surface area contributed by atoms with Gasteiger partial charge in [0.05, 0.1) is 18.7 Å². The molecule has 0 atom stereocenters. The highest BCUT2D eigenvalue weighted by Crippen LogP contribution is 2.37. The number of anilines is 2. The van der Waals surface area contributed by atoms with Gasteiger partial charge in [0.2, 0.25) is 0 Å². The van der Waals surface area contributed by atoms with E-state index in [0.717, 1.165) is 16.8 Å². The number of nitriles is 1. The zero-order valence-electron chi connectivity index (χ0n) is 20.8. The molecule has 0 radical (unpaired) electrons. The number of carbonyl (C=O) groups excluding carboxylic acids is 2. The van der Waals surface area contributed by atoms with E-state index in [9.17, 15) is 14.9 Å². The van der Waals surface area contributed by atoms with Crippen molar-refractivity contribution in [1.82, 2.24) is 0 Å². The van der Waals surface area contributed by atoms with Crippen LogP contribution in [0.1, 0.15) is 16.7 Å². The van der Waals surface area contributed by atoms with E-state index < -0.39 is 5.91 Å². The number of benzene rings is 3. The van der Waals surface area contributed by atoms with Gasteiger partial charge >= 0.3 is 0 Å². The van der Waals surface area contributed by atoms with Crippen molar-refractivity contribution in [3.05, 3.63) is 81.3 Å². The first-order valence-electron chi connectivity index (χ1n) is 11.2. The van der Waals surface area contributed by atoms with Crippen LogP contribution in [-0.2, 0) is 9.59 Å². The molecule has 0 fully saturated rings. The van der Waals surface area contributed by atoms with E-state index in [1.807, 2.05) is 38.1 Å². The molecule has 0 aliphatic carbocycles. The molecule has 0 saturated heterocycles. The third-order valence-corrected chi connectivity index (χ3v) is 5.88. The minimum atomic E-state index is -0.564. The van der Waals surface area contributed by atoms with E-state index in [4.69, 9.17) is 14.2 Å². The number of ether oxygens (including phenoxy) is 3. The number of halogens is 1. The van der Waals surface area contributed by atoms with Gasteiger partial charge in [-0.05, 0) is 95.0 Å². The molecular weight excluding hydrogens is 538 g/mol. The van der Waals surface area contributed by atoms with Crippen LogP contribution in [0.25, 0.3) is 6.08 Å². The summed E-state index contributed by atoms with van der Waals surface area (Å²) in [4.78, 5) is 25.1. The summed E-state index contributed by atoms with van der Waals surface area (Å²) in [7, 11) is 3.01. The first-order valence-corrected chi connectivity index (χ1v) is 12.0. The maximum atomic E-state index is 12.6. The van der Waals surface area contributed by atoms with Gasteiger partial charge in [0.1, 0.15) is 17.4 Å². The SMILES string of the molecule is COc1ccc(NC(=O)/C(C#N)=C\c2cc(Br)c(OCC(=O)Nc3cc(C)ccc3C)c(OC)c2)cc1. The largest absolute Gasteiger partial charge is 0.497 e. The van der Waals surface area contributed by atoms with Crippen LogP contribution in [-0.4, -0.2) is 32.6 Å². The molecule has 2 N–H and O–H groups in total. The van der Waals surface area contributed by atoms with Crippen molar-refractivity contribution in [2.24, 2.45) is 0 Å². The summed E-state index contributed by atoms with van der Waals surface area (Å²) in [6, 6.07) is 17.8. The van der Waals surface area contributed by atoms with Crippen molar-refractivity contribution in [3.8, 4) is 23.3 Å². The van der Waals surface area contributed by atoms with E-state index in [2.05, 4.69) is 26.6 Å². The molecule has 9 heteroatoms. The Morgan fingerprint density at radius 1 is 1.00 bits per heavy atom. The lowest BCUT2D eigenvalue weighted by Gasteiger charge is -2.14. The van der Waals surface area contributed by atoms with Crippen molar-refractivity contribution in [2.45, 2.75) is 13.8 Å². The highest BCUT2D eigenvalue weighted by Gasteiger charge is 2.16. The van der Waals surface area contributed by atoms with Gasteiger partial charge in [0, 0.05) is 11.4 Å². The average molecular weight is 564 g/mol. The maximum Gasteiger partial charge on any atom is 0.266 e. The number of nitrogens with one attached hydrogen (secondary N) is 2. The number of hydrogen-bond acceptors (Lipinski definition) is 6. The lowest BCUT2D eigenvalue weighted by Crippen LogP contribution is -2.21. The van der Waals surface area contributed by atoms with E-state index in [1.165, 1.54) is 13.2 Å². The third kappa shape index (κ3) is 7.35. The van der Waals surface area contributed by atoms with Crippen LogP contribution in [0.5, 0.6) is 17.2 Å². The quantitative estimate of drug-likeness (QED) is 0.257. The van der Waals surface area contributed by atoms with Gasteiger partial charge < -0.3 is 24.8 Å². The van der Waals surface area contributed by atoms with Crippen LogP contribution in [0, 0.1) is 25.2 Å². The molecule has 2 amide bonds. The summed E-state index contributed by atoms with van der Waals surface area (Å²) >= 11 is 3.43. The van der Waals surface area contributed by atoms with Crippen LogP contribution >= 0.6 is 15.9 Å². The zero-order chi connectivity index (χ0) is 26.9. The van der Waals surface area contributed by atoms with Gasteiger partial charge in [-0.15, -0.1) is 0 Å². The minimum absolute atomic E-state index is 0.105. The fraction of sp³-hybridized carbons (Fsp3) is 0.179. The van der Waals surface area contributed by atoms with E-state index in [-0.39, 0.29) is 18.1 Å². The summed E-state index contributed by atoms with van der Waals surface area (Å²) in [5.74, 6) is 0.404. The van der Waals surface area contributed by atoms with Crippen LogP contribution in [0.3, 0.4) is 0 Å². The van der Waals surface area contributed by atoms with E-state index >= 15 is 0 Å². The van der Waals surface area contributed by atoms with Crippen LogP contribution in [0.2, 0.25) is 0 Å². The maximum absolute atomic E-state index is 12.6. The Balaban J connectivity index is 1.73. The predicted molar refractivity (Wildman–Crippen MR) is 146 cm³/mol. The molecular formula is C28H26BrN3O5. The second-order valence-corrected chi connectivity index (χ2v) is 8.90. The van der Waals surface area contributed by atoms with E-state index in [0.29, 0.717) is 33.0 Å². The van der Waals surface area contributed by atoms with Crippen molar-refractivity contribution in [1.29, 1.82) is 5.26 Å². The normalized spacial score (nSPS) is 10.8. The second kappa shape index (κ2) is 12.6. The number of methoxy groups -OCH3 is 2.